The summed E-state index contributed by atoms with van der Waals surface area (Å²) in [4.78, 5) is 21.2. The van der Waals surface area contributed by atoms with Crippen molar-refractivity contribution in [2.45, 2.75) is 12.8 Å². The van der Waals surface area contributed by atoms with E-state index in [2.05, 4.69) is 9.97 Å². The number of rotatable bonds is 6. The van der Waals surface area contributed by atoms with Gasteiger partial charge in [-0.05, 0) is 47.5 Å². The number of aliphatic hydroxyl groups is 1. The minimum atomic E-state index is -0.117. The Labute approximate surface area is 167 Å². The average molecular weight is 388 g/mol. The van der Waals surface area contributed by atoms with Crippen molar-refractivity contribution in [2.75, 3.05) is 6.61 Å². The van der Waals surface area contributed by atoms with Gasteiger partial charge in [0, 0.05) is 35.0 Å². The zero-order valence-corrected chi connectivity index (χ0v) is 16.1. The van der Waals surface area contributed by atoms with Crippen molar-refractivity contribution in [1.82, 2.24) is 9.97 Å². The highest BCUT2D eigenvalue weighted by molar-refractivity contribution is 7.13. The van der Waals surface area contributed by atoms with Gasteiger partial charge >= 0.3 is 0 Å². The number of aromatic nitrogens is 2. The maximum absolute atomic E-state index is 12.9. The fourth-order valence-electron chi connectivity index (χ4n) is 3.34. The van der Waals surface area contributed by atoms with Crippen molar-refractivity contribution >= 4 is 11.3 Å². The van der Waals surface area contributed by atoms with Gasteiger partial charge in [0.2, 0.25) is 0 Å². The van der Waals surface area contributed by atoms with Gasteiger partial charge in [-0.3, -0.25) is 9.78 Å². The highest BCUT2D eigenvalue weighted by Gasteiger charge is 2.16. The number of nitrogens with zero attached hydrogens (tertiary/aromatic N) is 1. The lowest BCUT2D eigenvalue weighted by Gasteiger charge is -2.15. The Morgan fingerprint density at radius 1 is 1.00 bits per heavy atom. The van der Waals surface area contributed by atoms with Crippen LogP contribution in [0.5, 0.6) is 0 Å². The third kappa shape index (κ3) is 3.67. The highest BCUT2D eigenvalue weighted by Crippen LogP contribution is 2.34. The maximum atomic E-state index is 12.9. The number of H-pyrrole nitrogens is 1. The van der Waals surface area contributed by atoms with E-state index in [1.54, 1.807) is 23.7 Å². The van der Waals surface area contributed by atoms with Crippen LogP contribution < -0.4 is 5.56 Å². The number of nitrogens with one attached hydrogen (secondary N) is 1. The third-order valence-corrected chi connectivity index (χ3v) is 5.60. The second-order valence-electron chi connectivity index (χ2n) is 6.50. The minimum absolute atomic E-state index is 0.117. The summed E-state index contributed by atoms with van der Waals surface area (Å²) in [6, 6.07) is 17.9. The van der Waals surface area contributed by atoms with Gasteiger partial charge in [-0.1, -0.05) is 36.4 Å². The van der Waals surface area contributed by atoms with Crippen molar-refractivity contribution in [3.8, 4) is 32.8 Å². The number of aromatic amines is 1. The first kappa shape index (κ1) is 18.3. The predicted octanol–water partition coefficient (Wildman–Crippen LogP) is 4.76. The molecular formula is C23H20N2O2S. The number of aliphatic hydroxyl groups excluding tert-OH is 1. The molecule has 140 valence electrons. The number of pyridine rings is 2. The van der Waals surface area contributed by atoms with Gasteiger partial charge in [-0.15, -0.1) is 11.3 Å². The molecule has 1 aromatic carbocycles. The molecule has 0 spiro atoms. The van der Waals surface area contributed by atoms with Crippen molar-refractivity contribution in [3.05, 3.63) is 88.3 Å². The molecule has 0 aliphatic rings. The fraction of sp³-hybridized carbons (Fsp3) is 0.130. The van der Waals surface area contributed by atoms with E-state index in [4.69, 9.17) is 0 Å². The van der Waals surface area contributed by atoms with Crippen molar-refractivity contribution in [3.63, 3.8) is 0 Å². The van der Waals surface area contributed by atoms with E-state index in [0.717, 1.165) is 39.2 Å². The molecule has 0 bridgehead atoms. The van der Waals surface area contributed by atoms with Gasteiger partial charge in [-0.2, -0.15) is 0 Å². The number of hydrogen-bond acceptors (Lipinski definition) is 4. The van der Waals surface area contributed by atoms with E-state index < -0.39 is 0 Å². The Hall–Kier alpha value is -3.02. The first-order valence-electron chi connectivity index (χ1n) is 9.18. The molecule has 5 heteroatoms. The molecule has 0 saturated heterocycles. The van der Waals surface area contributed by atoms with E-state index in [0.29, 0.717) is 12.0 Å². The summed E-state index contributed by atoms with van der Waals surface area (Å²) in [5, 5.41) is 11.2. The van der Waals surface area contributed by atoms with Crippen molar-refractivity contribution in [2.24, 2.45) is 0 Å². The number of benzene rings is 1. The van der Waals surface area contributed by atoms with E-state index in [9.17, 15) is 9.90 Å². The molecule has 4 nitrogen and oxygen atoms in total. The molecule has 3 heterocycles. The summed E-state index contributed by atoms with van der Waals surface area (Å²) in [5.41, 5.74) is 5.25. The topological polar surface area (TPSA) is 66.0 Å². The molecule has 4 rings (SSSR count). The molecule has 0 unspecified atom stereocenters. The second-order valence-corrected chi connectivity index (χ2v) is 7.45. The molecule has 0 fully saturated rings. The average Bonchev–Trinajstić information content (AvgIpc) is 3.27. The van der Waals surface area contributed by atoms with E-state index >= 15 is 0 Å². The van der Waals surface area contributed by atoms with Gasteiger partial charge in [0.1, 0.15) is 0 Å². The molecule has 2 N–H and O–H groups in total. The van der Waals surface area contributed by atoms with Gasteiger partial charge in [-0.25, -0.2) is 0 Å². The summed E-state index contributed by atoms with van der Waals surface area (Å²) >= 11 is 1.55. The van der Waals surface area contributed by atoms with Crippen LogP contribution >= 0.6 is 11.3 Å². The van der Waals surface area contributed by atoms with Crippen LogP contribution in [0.3, 0.4) is 0 Å². The first-order valence-corrected chi connectivity index (χ1v) is 10.1. The Kier molecular flexibility index (Phi) is 5.46. The van der Waals surface area contributed by atoms with Crippen molar-refractivity contribution in [1.29, 1.82) is 0 Å². The van der Waals surface area contributed by atoms with Crippen LogP contribution in [0, 0.1) is 0 Å². The van der Waals surface area contributed by atoms with Gasteiger partial charge in [0.05, 0.1) is 11.3 Å². The number of thiophene rings is 1. The lowest BCUT2D eigenvalue weighted by Crippen LogP contribution is -2.11. The quantitative estimate of drug-likeness (QED) is 0.501. The van der Waals surface area contributed by atoms with Crippen LogP contribution in [0.25, 0.3) is 32.8 Å². The monoisotopic (exact) mass is 388 g/mol. The number of aryl methyl sites for hydroxylation is 1. The summed E-state index contributed by atoms with van der Waals surface area (Å²) in [7, 11) is 0. The molecular weight excluding hydrogens is 368 g/mol. The predicted molar refractivity (Wildman–Crippen MR) is 114 cm³/mol. The fourth-order valence-corrected chi connectivity index (χ4v) is 4.08. The Bertz CT molecular complexity index is 1120. The van der Waals surface area contributed by atoms with Crippen LogP contribution in [0.2, 0.25) is 0 Å². The summed E-state index contributed by atoms with van der Waals surface area (Å²) < 4.78 is 0. The lowest BCUT2D eigenvalue weighted by atomic mass is 9.94. The third-order valence-electron chi connectivity index (χ3n) is 4.70. The minimum Gasteiger partial charge on any atom is -0.396 e. The SMILES string of the molecule is O=c1[nH]c(-c2cnccc2CCCO)c(-c2ccccc2)cc1-c1cccs1. The van der Waals surface area contributed by atoms with E-state index in [-0.39, 0.29) is 12.2 Å². The molecule has 0 saturated carbocycles. The van der Waals surface area contributed by atoms with Crippen LogP contribution in [0.15, 0.2) is 77.2 Å². The normalized spacial score (nSPS) is 10.9. The Balaban J connectivity index is 1.95. The highest BCUT2D eigenvalue weighted by atomic mass is 32.1. The maximum Gasteiger partial charge on any atom is 0.257 e. The van der Waals surface area contributed by atoms with E-state index in [1.165, 1.54) is 0 Å². The van der Waals surface area contributed by atoms with Crippen molar-refractivity contribution < 1.29 is 5.11 Å². The Morgan fingerprint density at radius 3 is 2.61 bits per heavy atom. The number of hydrogen-bond donors (Lipinski definition) is 2. The van der Waals surface area contributed by atoms with Gasteiger partial charge in [0.25, 0.3) is 5.56 Å². The Morgan fingerprint density at radius 2 is 1.86 bits per heavy atom. The van der Waals surface area contributed by atoms with Crippen LogP contribution in [-0.2, 0) is 6.42 Å². The zero-order chi connectivity index (χ0) is 19.3. The van der Waals surface area contributed by atoms with Gasteiger partial charge < -0.3 is 10.1 Å². The molecule has 4 aromatic rings. The summed E-state index contributed by atoms with van der Waals surface area (Å²) in [5.74, 6) is 0. The molecule has 0 aliphatic heterocycles. The summed E-state index contributed by atoms with van der Waals surface area (Å²) in [6.45, 7) is 0.126. The molecule has 0 aliphatic carbocycles. The smallest absolute Gasteiger partial charge is 0.257 e. The van der Waals surface area contributed by atoms with Crippen LogP contribution in [0.4, 0.5) is 0 Å². The van der Waals surface area contributed by atoms with Gasteiger partial charge in [0.15, 0.2) is 0 Å². The van der Waals surface area contributed by atoms with Crippen LogP contribution in [-0.4, -0.2) is 21.7 Å². The standard InChI is InChI=1S/C23H20N2O2S/c26-12-4-8-17-10-11-24-15-20(17)22-18(16-6-2-1-3-7-16)14-19(23(27)25-22)21-9-5-13-28-21/h1-3,5-7,9-11,13-15,26H,4,8,12H2,(H,25,27). The molecule has 3 aromatic heterocycles. The molecule has 0 radical (unpaired) electrons. The largest absolute Gasteiger partial charge is 0.396 e. The van der Waals surface area contributed by atoms with Crippen LogP contribution in [0.1, 0.15) is 12.0 Å². The summed E-state index contributed by atoms with van der Waals surface area (Å²) in [6.07, 6.45) is 4.91. The first-order chi connectivity index (χ1) is 13.8. The van der Waals surface area contributed by atoms with E-state index in [1.807, 2.05) is 60.0 Å². The zero-order valence-electron chi connectivity index (χ0n) is 15.3. The molecule has 0 amide bonds. The lowest BCUT2D eigenvalue weighted by molar-refractivity contribution is 0.288. The molecule has 0 atom stereocenters. The molecule has 28 heavy (non-hydrogen) atoms. The second kappa shape index (κ2) is 8.33.